The Labute approximate surface area is 295 Å². The predicted molar refractivity (Wildman–Crippen MR) is 205 cm³/mol. The van der Waals surface area contributed by atoms with Crippen LogP contribution < -0.4 is 0 Å². The van der Waals surface area contributed by atoms with Gasteiger partial charge in [-0.25, -0.2) is 0 Å². The van der Waals surface area contributed by atoms with Crippen molar-refractivity contribution in [2.24, 2.45) is 0 Å². The molecule has 2 aromatic heterocycles. The van der Waals surface area contributed by atoms with Gasteiger partial charge in [0.2, 0.25) is 0 Å². The molecular weight excluding hydrogens is 623 g/mol. The van der Waals surface area contributed by atoms with Crippen LogP contribution in [0.25, 0.3) is 72.4 Å². The first kappa shape index (κ1) is 30.7. The summed E-state index contributed by atoms with van der Waals surface area (Å²) in [6.07, 6.45) is 10.3. The van der Waals surface area contributed by atoms with E-state index in [1.54, 1.807) is 12.1 Å². The number of allylic oxidation sites excluding steroid dienone is 1. The monoisotopic (exact) mass is 649 g/mol. The van der Waals surface area contributed by atoms with E-state index in [9.17, 15) is 15.8 Å². The number of para-hydroxylation sites is 3. The molecule has 0 aliphatic rings. The fourth-order valence-electron chi connectivity index (χ4n) is 7.33. The first-order valence-electron chi connectivity index (χ1n) is 16.5. The van der Waals surface area contributed by atoms with Crippen molar-refractivity contribution in [2.45, 2.75) is 6.92 Å². The lowest BCUT2D eigenvalue weighted by atomic mass is 9.89. The Morgan fingerprint density at radius 2 is 1.16 bits per heavy atom. The Bertz CT molecular complexity index is 2920. The number of nitrogens with zero attached hydrogens (tertiary/aromatic N) is 5. The van der Waals surface area contributed by atoms with Crippen LogP contribution >= 0.6 is 0 Å². The lowest BCUT2D eigenvalue weighted by Gasteiger charge is -2.19. The van der Waals surface area contributed by atoms with Crippen LogP contribution in [0, 0.1) is 46.3 Å². The van der Waals surface area contributed by atoms with Gasteiger partial charge in [0.1, 0.15) is 11.8 Å². The molecule has 0 radical (unpaired) electrons. The Morgan fingerprint density at radius 1 is 0.529 bits per heavy atom. The smallest absolute Gasteiger partial charge is 0.105 e. The third kappa shape index (κ3) is 4.78. The second kappa shape index (κ2) is 12.5. The molecule has 0 saturated heterocycles. The van der Waals surface area contributed by atoms with Gasteiger partial charge in [-0.1, -0.05) is 90.9 Å². The summed E-state index contributed by atoms with van der Waals surface area (Å²) < 4.78 is 4.21. The maximum atomic E-state index is 10.9. The van der Waals surface area contributed by atoms with Gasteiger partial charge in [-0.3, -0.25) is 0 Å². The molecule has 2 heterocycles. The Morgan fingerprint density at radius 3 is 1.90 bits per heavy atom. The minimum atomic E-state index is 0.485. The van der Waals surface area contributed by atoms with Crippen LogP contribution in [0.2, 0.25) is 0 Å². The van der Waals surface area contributed by atoms with Crippen molar-refractivity contribution in [1.82, 2.24) is 9.13 Å². The highest BCUT2D eigenvalue weighted by molar-refractivity contribution is 6.10. The molecule has 0 atom stereocenters. The van der Waals surface area contributed by atoms with E-state index >= 15 is 0 Å². The van der Waals surface area contributed by atoms with Crippen molar-refractivity contribution in [3.63, 3.8) is 0 Å². The third-order valence-corrected chi connectivity index (χ3v) is 9.45. The minimum absolute atomic E-state index is 0.485. The molecule has 8 rings (SSSR count). The van der Waals surface area contributed by atoms with E-state index in [1.807, 2.05) is 122 Å². The van der Waals surface area contributed by atoms with Gasteiger partial charge in [0.05, 0.1) is 56.8 Å². The number of benzene rings is 6. The standard InChI is InChI=1S/C46H27N5/c1-3-12-34-35-13-5-8-17-42(35)50(41(34)4-2)43-18-9-6-14-36(43)38-25-30(27-47)21-23-33(38)32-16-11-20-45(40(32)29-49)51-44-19-10-7-15-37(44)39-26-31(28-48)22-24-46(39)51/h2-3,5-26H,1H3/b12-3-. The number of hydrogen-bond donors (Lipinski definition) is 0. The van der Waals surface area contributed by atoms with Crippen LogP contribution in [0.1, 0.15) is 34.9 Å². The lowest BCUT2D eigenvalue weighted by Crippen LogP contribution is -2.02. The van der Waals surface area contributed by atoms with E-state index in [0.717, 1.165) is 77.6 Å². The molecule has 0 N–H and O–H groups in total. The van der Waals surface area contributed by atoms with Crippen molar-refractivity contribution in [3.8, 4) is 64.2 Å². The van der Waals surface area contributed by atoms with Crippen LogP contribution in [0.5, 0.6) is 0 Å². The summed E-state index contributed by atoms with van der Waals surface area (Å²) in [6, 6.07) is 48.5. The van der Waals surface area contributed by atoms with Gasteiger partial charge in [-0.15, -0.1) is 6.42 Å². The summed E-state index contributed by atoms with van der Waals surface area (Å²) in [7, 11) is 0. The number of terminal acetylenes is 1. The Balaban J connectivity index is 1.42. The predicted octanol–water partition coefficient (Wildman–Crippen LogP) is 10.7. The molecule has 5 heteroatoms. The topological polar surface area (TPSA) is 81.2 Å². The molecule has 0 unspecified atom stereocenters. The van der Waals surface area contributed by atoms with E-state index in [-0.39, 0.29) is 0 Å². The molecule has 0 aliphatic heterocycles. The number of hydrogen-bond acceptors (Lipinski definition) is 3. The van der Waals surface area contributed by atoms with Crippen LogP contribution in [0.4, 0.5) is 0 Å². The molecule has 51 heavy (non-hydrogen) atoms. The molecule has 0 fully saturated rings. The average molecular weight is 650 g/mol. The molecule has 8 aromatic rings. The highest BCUT2D eigenvalue weighted by Crippen LogP contribution is 2.42. The maximum Gasteiger partial charge on any atom is 0.105 e. The van der Waals surface area contributed by atoms with Crippen LogP contribution in [0.15, 0.2) is 133 Å². The number of nitriles is 3. The number of rotatable bonds is 5. The van der Waals surface area contributed by atoms with Crippen molar-refractivity contribution in [1.29, 1.82) is 15.8 Å². The molecule has 0 saturated carbocycles. The van der Waals surface area contributed by atoms with Gasteiger partial charge >= 0.3 is 0 Å². The maximum absolute atomic E-state index is 10.9. The second-order valence-electron chi connectivity index (χ2n) is 12.2. The summed E-state index contributed by atoms with van der Waals surface area (Å²) in [5.41, 5.74) is 10.8. The molecule has 6 aromatic carbocycles. The summed E-state index contributed by atoms with van der Waals surface area (Å²) >= 11 is 0. The van der Waals surface area contributed by atoms with Crippen molar-refractivity contribution in [3.05, 3.63) is 161 Å². The summed E-state index contributed by atoms with van der Waals surface area (Å²) in [5.74, 6) is 2.96. The average Bonchev–Trinajstić information content (AvgIpc) is 3.69. The fraction of sp³-hybridized carbons (Fsp3) is 0.0217. The summed E-state index contributed by atoms with van der Waals surface area (Å²) in [6.45, 7) is 1.98. The molecule has 0 aliphatic carbocycles. The van der Waals surface area contributed by atoms with Crippen LogP contribution in [-0.2, 0) is 0 Å². The molecule has 236 valence electrons. The largest absolute Gasteiger partial charge is 0.308 e. The van der Waals surface area contributed by atoms with Gasteiger partial charge in [0.15, 0.2) is 0 Å². The lowest BCUT2D eigenvalue weighted by molar-refractivity contribution is 1.10. The first-order valence-corrected chi connectivity index (χ1v) is 16.5. The minimum Gasteiger partial charge on any atom is -0.308 e. The van der Waals surface area contributed by atoms with E-state index in [2.05, 4.69) is 45.4 Å². The van der Waals surface area contributed by atoms with Crippen molar-refractivity contribution in [2.75, 3.05) is 0 Å². The van der Waals surface area contributed by atoms with Gasteiger partial charge in [0.25, 0.3) is 0 Å². The van der Waals surface area contributed by atoms with Gasteiger partial charge in [-0.05, 0) is 72.6 Å². The molecule has 0 amide bonds. The highest BCUT2D eigenvalue weighted by atomic mass is 15.0. The van der Waals surface area contributed by atoms with Crippen LogP contribution in [-0.4, -0.2) is 9.13 Å². The van der Waals surface area contributed by atoms with E-state index in [4.69, 9.17) is 6.42 Å². The second-order valence-corrected chi connectivity index (χ2v) is 12.2. The molecule has 5 nitrogen and oxygen atoms in total. The Kier molecular flexibility index (Phi) is 7.52. The van der Waals surface area contributed by atoms with Gasteiger partial charge in [0, 0.05) is 32.8 Å². The SMILES string of the molecule is C#Cc1c(/C=C\C)c2ccccc2n1-c1ccccc1-c1cc(C#N)ccc1-c1cccc(-n2c3ccccc3c3cc(C#N)ccc32)c1C#N. The quantitative estimate of drug-likeness (QED) is 0.174. The zero-order valence-corrected chi connectivity index (χ0v) is 27.6. The van der Waals surface area contributed by atoms with Gasteiger partial charge < -0.3 is 9.13 Å². The third-order valence-electron chi connectivity index (χ3n) is 9.45. The first-order chi connectivity index (χ1) is 25.1. The summed E-state index contributed by atoms with van der Waals surface area (Å²) in [4.78, 5) is 0. The van der Waals surface area contributed by atoms with E-state index in [1.165, 1.54) is 0 Å². The fourth-order valence-corrected chi connectivity index (χ4v) is 7.33. The van der Waals surface area contributed by atoms with E-state index < -0.39 is 0 Å². The van der Waals surface area contributed by atoms with Gasteiger partial charge in [-0.2, -0.15) is 15.8 Å². The number of fused-ring (bicyclic) bond motifs is 4. The molecule has 0 spiro atoms. The Hall–Kier alpha value is -7.57. The van der Waals surface area contributed by atoms with Crippen molar-refractivity contribution < 1.29 is 0 Å². The number of aromatic nitrogens is 2. The summed E-state index contributed by atoms with van der Waals surface area (Å²) in [5, 5.41) is 33.6. The highest BCUT2D eigenvalue weighted by Gasteiger charge is 2.23. The normalized spacial score (nSPS) is 11.1. The molecule has 0 bridgehead atoms. The van der Waals surface area contributed by atoms with E-state index in [0.29, 0.717) is 16.7 Å². The zero-order valence-electron chi connectivity index (χ0n) is 27.6. The van der Waals surface area contributed by atoms with Crippen molar-refractivity contribution >= 4 is 38.8 Å². The molecular formula is C46H27N5. The zero-order chi connectivity index (χ0) is 35.1. The van der Waals surface area contributed by atoms with Crippen LogP contribution in [0.3, 0.4) is 0 Å².